The monoisotopic (exact) mass is 356 g/mol. The first-order chi connectivity index (χ1) is 11.2. The van der Waals surface area contributed by atoms with Crippen molar-refractivity contribution in [2.24, 2.45) is 0 Å². The van der Waals surface area contributed by atoms with E-state index in [1.807, 2.05) is 31.7 Å². The number of aryl methyl sites for hydroxylation is 1. The quantitative estimate of drug-likeness (QED) is 0.572. The molecule has 1 aromatic rings. The number of hydrogen-bond acceptors (Lipinski definition) is 4. The van der Waals surface area contributed by atoms with Crippen molar-refractivity contribution in [2.75, 3.05) is 4.90 Å². The lowest BCUT2D eigenvalue weighted by molar-refractivity contribution is -0.116. The zero-order chi connectivity index (χ0) is 17.4. The van der Waals surface area contributed by atoms with Crippen LogP contribution < -0.4 is 10.2 Å². The Kier molecular flexibility index (Phi) is 3.12. The Bertz CT molecular complexity index is 925. The molecule has 0 aromatic heterocycles. The summed E-state index contributed by atoms with van der Waals surface area (Å²) in [5.41, 5.74) is 5.03. The molecule has 3 heterocycles. The highest BCUT2D eigenvalue weighted by Gasteiger charge is 2.47. The fourth-order valence-corrected chi connectivity index (χ4v) is 4.87. The van der Waals surface area contributed by atoms with E-state index in [1.54, 1.807) is 0 Å². The average molecular weight is 356 g/mol. The van der Waals surface area contributed by atoms with Crippen molar-refractivity contribution in [1.29, 1.82) is 0 Å². The molecule has 3 aliphatic rings. The summed E-state index contributed by atoms with van der Waals surface area (Å²) in [5.74, 6) is -0.418. The molecule has 1 aromatic carbocycles. The predicted molar refractivity (Wildman–Crippen MR) is 102 cm³/mol. The zero-order valence-corrected chi connectivity index (χ0v) is 15.4. The smallest absolute Gasteiger partial charge is 0.264 e. The third kappa shape index (κ3) is 1.96. The van der Waals surface area contributed by atoms with Gasteiger partial charge in [-0.2, -0.15) is 0 Å². The average Bonchev–Trinajstić information content (AvgIpc) is 2.92. The van der Waals surface area contributed by atoms with Gasteiger partial charge in [-0.05, 0) is 51.0 Å². The largest absolute Gasteiger partial charge is 0.307 e. The highest BCUT2D eigenvalue weighted by molar-refractivity contribution is 8.27. The number of nitrogens with one attached hydrogen (secondary N) is 1. The third-order valence-electron chi connectivity index (χ3n) is 4.58. The molecule has 6 heteroatoms. The minimum absolute atomic E-state index is 0.132. The van der Waals surface area contributed by atoms with Crippen LogP contribution in [-0.2, 0) is 9.59 Å². The summed E-state index contributed by atoms with van der Waals surface area (Å²) >= 11 is 6.26. The van der Waals surface area contributed by atoms with Gasteiger partial charge in [-0.1, -0.05) is 30.1 Å². The highest BCUT2D eigenvalue weighted by Crippen LogP contribution is 2.51. The lowest BCUT2D eigenvalue weighted by Crippen LogP contribution is -2.46. The second-order valence-electron chi connectivity index (χ2n) is 6.88. The molecule has 0 spiro atoms. The van der Waals surface area contributed by atoms with Gasteiger partial charge in [0.1, 0.15) is 4.32 Å². The molecular weight excluding hydrogens is 340 g/mol. The fraction of sp³-hybridized carbons (Fsp3) is 0.278. The van der Waals surface area contributed by atoms with Gasteiger partial charge in [-0.15, -0.1) is 0 Å². The Morgan fingerprint density at radius 2 is 1.83 bits per heavy atom. The van der Waals surface area contributed by atoms with Gasteiger partial charge in [-0.25, -0.2) is 0 Å². The number of allylic oxidation sites excluding steroid dienone is 1. The number of carbonyl (C=O) groups excluding carboxylic acids is 2. The first-order valence-corrected chi connectivity index (χ1v) is 8.90. The van der Waals surface area contributed by atoms with Crippen molar-refractivity contribution in [2.45, 2.75) is 33.2 Å². The number of benzene rings is 1. The summed E-state index contributed by atoms with van der Waals surface area (Å²) in [5, 5.41) is 2.62. The molecule has 0 aliphatic carbocycles. The number of rotatable bonds is 0. The van der Waals surface area contributed by atoms with Gasteiger partial charge in [0.05, 0.1) is 21.7 Å². The molecule has 2 amide bonds. The minimum Gasteiger partial charge on any atom is -0.307 e. The molecule has 1 fully saturated rings. The van der Waals surface area contributed by atoms with Crippen LogP contribution in [-0.4, -0.2) is 21.7 Å². The van der Waals surface area contributed by atoms with Crippen molar-refractivity contribution in [1.82, 2.24) is 5.32 Å². The third-order valence-corrected chi connectivity index (χ3v) is 5.81. The zero-order valence-electron chi connectivity index (χ0n) is 13.8. The van der Waals surface area contributed by atoms with E-state index in [0.29, 0.717) is 14.8 Å². The number of amides is 2. The van der Waals surface area contributed by atoms with Gasteiger partial charge in [0.15, 0.2) is 0 Å². The van der Waals surface area contributed by atoms with E-state index in [1.165, 1.54) is 11.8 Å². The molecule has 0 atom stereocenters. The van der Waals surface area contributed by atoms with Gasteiger partial charge in [0.2, 0.25) is 0 Å². The normalized spacial score (nSPS) is 24.2. The van der Waals surface area contributed by atoms with Crippen molar-refractivity contribution in [3.8, 4) is 0 Å². The summed E-state index contributed by atoms with van der Waals surface area (Å²) in [6, 6.07) is 4.09. The summed E-state index contributed by atoms with van der Waals surface area (Å²) in [6.45, 7) is 8.10. The topological polar surface area (TPSA) is 49.4 Å². The van der Waals surface area contributed by atoms with Crippen molar-refractivity contribution < 1.29 is 9.59 Å². The van der Waals surface area contributed by atoms with Crippen LogP contribution in [0.15, 0.2) is 23.1 Å². The van der Waals surface area contributed by atoms with Gasteiger partial charge >= 0.3 is 0 Å². The van der Waals surface area contributed by atoms with Crippen LogP contribution in [0.2, 0.25) is 0 Å². The molecule has 1 saturated heterocycles. The predicted octanol–water partition coefficient (Wildman–Crippen LogP) is 3.40. The summed E-state index contributed by atoms with van der Waals surface area (Å²) in [4.78, 5) is 27.7. The van der Waals surface area contributed by atoms with Crippen molar-refractivity contribution >= 4 is 56.9 Å². The lowest BCUT2D eigenvalue weighted by Gasteiger charge is -2.38. The first-order valence-electron chi connectivity index (χ1n) is 7.67. The first kappa shape index (κ1) is 15.6. The number of anilines is 1. The van der Waals surface area contributed by atoms with E-state index in [9.17, 15) is 9.59 Å². The summed E-state index contributed by atoms with van der Waals surface area (Å²) < 4.78 is 0.395. The Balaban J connectivity index is 2.08. The molecule has 0 radical (unpaired) electrons. The Labute approximate surface area is 150 Å². The van der Waals surface area contributed by atoms with E-state index in [4.69, 9.17) is 12.2 Å². The molecule has 0 unspecified atom stereocenters. The maximum absolute atomic E-state index is 13.3. The van der Waals surface area contributed by atoms with Crippen molar-refractivity contribution in [3.63, 3.8) is 0 Å². The van der Waals surface area contributed by atoms with Gasteiger partial charge in [0, 0.05) is 11.1 Å². The molecule has 4 rings (SSSR count). The molecule has 3 aliphatic heterocycles. The van der Waals surface area contributed by atoms with E-state index in [2.05, 4.69) is 24.4 Å². The highest BCUT2D eigenvalue weighted by atomic mass is 32.2. The molecule has 1 N–H and O–H groups in total. The van der Waals surface area contributed by atoms with Gasteiger partial charge in [0.25, 0.3) is 11.8 Å². The minimum atomic E-state index is -0.444. The molecular formula is C18H16N2O2S2. The van der Waals surface area contributed by atoms with E-state index < -0.39 is 5.54 Å². The molecule has 24 heavy (non-hydrogen) atoms. The van der Waals surface area contributed by atoms with E-state index in [0.717, 1.165) is 28.0 Å². The van der Waals surface area contributed by atoms with Crippen LogP contribution in [0.3, 0.4) is 0 Å². The van der Waals surface area contributed by atoms with Crippen LogP contribution in [0.4, 0.5) is 5.69 Å². The maximum atomic E-state index is 13.3. The van der Waals surface area contributed by atoms with Crippen LogP contribution >= 0.6 is 24.0 Å². The molecule has 122 valence electrons. The number of hydrogen-bond donors (Lipinski definition) is 1. The van der Waals surface area contributed by atoms with Crippen LogP contribution in [0.1, 0.15) is 37.5 Å². The number of thiocarbonyl (C=S) groups is 1. The van der Waals surface area contributed by atoms with Crippen LogP contribution in [0.25, 0.3) is 11.1 Å². The second kappa shape index (κ2) is 4.80. The molecule has 0 saturated carbocycles. The van der Waals surface area contributed by atoms with E-state index in [-0.39, 0.29) is 11.8 Å². The van der Waals surface area contributed by atoms with Crippen LogP contribution in [0.5, 0.6) is 0 Å². The Morgan fingerprint density at radius 1 is 1.17 bits per heavy atom. The number of nitrogens with zero attached hydrogens (tertiary/aromatic N) is 1. The Hall–Kier alpha value is -1.92. The fourth-order valence-electron chi connectivity index (χ4n) is 3.76. The summed E-state index contributed by atoms with van der Waals surface area (Å²) in [7, 11) is 0. The standard InChI is InChI=1S/C18H16N2O2S2/c1-8-5-10-9(2)7-18(3,4)20-13(10)11(6-8)12(16(20)22)14-15(21)19-17(23)24-14/h5-7H,1-4H3,(H,19,21,23). The van der Waals surface area contributed by atoms with Gasteiger partial charge in [-0.3, -0.25) is 14.5 Å². The van der Waals surface area contributed by atoms with Crippen LogP contribution in [0, 0.1) is 6.92 Å². The molecule has 0 bridgehead atoms. The van der Waals surface area contributed by atoms with Gasteiger partial charge < -0.3 is 5.32 Å². The summed E-state index contributed by atoms with van der Waals surface area (Å²) in [6.07, 6.45) is 2.11. The molecule has 4 nitrogen and oxygen atoms in total. The number of thioether (sulfide) groups is 1. The maximum Gasteiger partial charge on any atom is 0.264 e. The lowest BCUT2D eigenvalue weighted by atomic mass is 9.88. The SMILES string of the molecule is CC1=CC(C)(C)N2C(=O)C(=C3SC(=S)NC3=O)c3cc(C)cc1c32. The van der Waals surface area contributed by atoms with Crippen molar-refractivity contribution in [3.05, 3.63) is 39.8 Å². The Morgan fingerprint density at radius 3 is 2.46 bits per heavy atom. The second-order valence-corrected chi connectivity index (χ2v) is 8.57. The van der Waals surface area contributed by atoms with E-state index >= 15 is 0 Å². The number of carbonyl (C=O) groups is 2.